The molecule has 3 amide bonds. The molecule has 1 aliphatic heterocycles. The third-order valence-corrected chi connectivity index (χ3v) is 3.50. The Morgan fingerprint density at radius 1 is 1.40 bits per heavy atom. The third-order valence-electron chi connectivity index (χ3n) is 3.50. The minimum Gasteiger partial charge on any atom is -0.368 e. The van der Waals surface area contributed by atoms with Gasteiger partial charge in [-0.2, -0.15) is 0 Å². The second-order valence-corrected chi connectivity index (χ2v) is 4.86. The number of carbonyl (C=O) groups excluding carboxylic acids is 3. The molecule has 0 saturated carbocycles. The Bertz CT molecular complexity index is 422. The van der Waals surface area contributed by atoms with Gasteiger partial charge in [0, 0.05) is 6.54 Å². The number of nitrogens with one attached hydrogen (secondary N) is 2. The molecule has 0 bridgehead atoms. The average Bonchev–Trinajstić information content (AvgIpc) is 2.92. The van der Waals surface area contributed by atoms with Gasteiger partial charge in [-0.25, -0.2) is 0 Å². The van der Waals surface area contributed by atoms with E-state index in [1.54, 1.807) is 13.8 Å². The number of carbonyl (C=O) groups is 3. The van der Waals surface area contributed by atoms with Crippen molar-refractivity contribution in [1.29, 1.82) is 5.41 Å². The lowest BCUT2D eigenvalue weighted by Crippen LogP contribution is -2.53. The molecule has 1 unspecified atom stereocenters. The smallest absolute Gasteiger partial charge is 0.265 e. The topological polar surface area (TPSA) is 116 Å². The molecule has 7 nitrogen and oxygen atoms in total. The zero-order valence-electron chi connectivity index (χ0n) is 11.9. The van der Waals surface area contributed by atoms with Crippen LogP contribution < -0.4 is 11.1 Å². The standard InChI is InChI=1S/C13H22N4O3/c1-3-8(14)12(19)16-9(4-2)13(20)17-7-5-6-10(17)11(15)18/h9-10,14H,3-7H2,1-2H3,(H2,15,18)(H,16,19)/t9-,10?/m0/s1. The number of primary amides is 1. The lowest BCUT2D eigenvalue weighted by Gasteiger charge is -2.27. The summed E-state index contributed by atoms with van der Waals surface area (Å²) in [4.78, 5) is 36.8. The Hall–Kier alpha value is -1.92. The van der Waals surface area contributed by atoms with E-state index in [2.05, 4.69) is 5.32 Å². The second-order valence-electron chi connectivity index (χ2n) is 4.86. The molecule has 7 heteroatoms. The molecule has 1 heterocycles. The van der Waals surface area contributed by atoms with E-state index in [0.29, 0.717) is 25.8 Å². The van der Waals surface area contributed by atoms with Crippen LogP contribution >= 0.6 is 0 Å². The van der Waals surface area contributed by atoms with Crippen LogP contribution in [0.2, 0.25) is 0 Å². The molecule has 20 heavy (non-hydrogen) atoms. The largest absolute Gasteiger partial charge is 0.368 e. The fourth-order valence-electron chi connectivity index (χ4n) is 2.27. The highest BCUT2D eigenvalue weighted by atomic mass is 16.2. The molecule has 1 aliphatic rings. The summed E-state index contributed by atoms with van der Waals surface area (Å²) in [5.41, 5.74) is 5.22. The molecule has 0 aromatic heterocycles. The van der Waals surface area contributed by atoms with Gasteiger partial charge in [0.1, 0.15) is 12.1 Å². The molecular formula is C13H22N4O3. The predicted molar refractivity (Wildman–Crippen MR) is 74.2 cm³/mol. The van der Waals surface area contributed by atoms with Crippen LogP contribution in [0.1, 0.15) is 39.5 Å². The molecule has 0 spiro atoms. The van der Waals surface area contributed by atoms with E-state index in [1.807, 2.05) is 0 Å². The van der Waals surface area contributed by atoms with Crippen molar-refractivity contribution in [2.45, 2.75) is 51.6 Å². The van der Waals surface area contributed by atoms with Crippen molar-refractivity contribution in [3.05, 3.63) is 0 Å². The van der Waals surface area contributed by atoms with Gasteiger partial charge in [0.2, 0.25) is 11.8 Å². The van der Waals surface area contributed by atoms with Crippen LogP contribution in [-0.2, 0) is 14.4 Å². The van der Waals surface area contributed by atoms with Crippen molar-refractivity contribution < 1.29 is 14.4 Å². The van der Waals surface area contributed by atoms with Gasteiger partial charge >= 0.3 is 0 Å². The zero-order valence-corrected chi connectivity index (χ0v) is 11.9. The van der Waals surface area contributed by atoms with Gasteiger partial charge in [-0.3, -0.25) is 19.8 Å². The minimum absolute atomic E-state index is 0.0656. The summed E-state index contributed by atoms with van der Waals surface area (Å²) in [7, 11) is 0. The molecule has 112 valence electrons. The number of hydrogen-bond acceptors (Lipinski definition) is 4. The molecule has 1 fully saturated rings. The number of nitrogens with zero attached hydrogens (tertiary/aromatic N) is 1. The van der Waals surface area contributed by atoms with Gasteiger partial charge in [-0.15, -0.1) is 0 Å². The fourth-order valence-corrected chi connectivity index (χ4v) is 2.27. The lowest BCUT2D eigenvalue weighted by molar-refractivity contribution is -0.140. The van der Waals surface area contributed by atoms with Crippen molar-refractivity contribution in [3.63, 3.8) is 0 Å². The van der Waals surface area contributed by atoms with Crippen LogP contribution in [0.3, 0.4) is 0 Å². The third kappa shape index (κ3) is 3.55. The van der Waals surface area contributed by atoms with Gasteiger partial charge < -0.3 is 16.0 Å². The summed E-state index contributed by atoms with van der Waals surface area (Å²) < 4.78 is 0. The Kier molecular flexibility index (Phi) is 5.66. The quantitative estimate of drug-likeness (QED) is 0.585. The van der Waals surface area contributed by atoms with Crippen LogP contribution in [0, 0.1) is 5.41 Å². The van der Waals surface area contributed by atoms with E-state index in [-0.39, 0.29) is 11.6 Å². The van der Waals surface area contributed by atoms with E-state index >= 15 is 0 Å². The number of hydrogen-bond donors (Lipinski definition) is 3. The maximum atomic E-state index is 12.4. The van der Waals surface area contributed by atoms with Gasteiger partial charge in [-0.1, -0.05) is 13.8 Å². The summed E-state index contributed by atoms with van der Waals surface area (Å²) in [6, 6.07) is -1.30. The van der Waals surface area contributed by atoms with E-state index in [0.717, 1.165) is 6.42 Å². The van der Waals surface area contributed by atoms with Crippen LogP contribution in [0.4, 0.5) is 0 Å². The van der Waals surface area contributed by atoms with Gasteiger partial charge in [0.25, 0.3) is 5.91 Å². The SMILES string of the molecule is CCC(=N)C(=O)N[C@@H](CC)C(=O)N1CCCC1C(N)=O. The van der Waals surface area contributed by atoms with Crippen molar-refractivity contribution in [2.24, 2.45) is 5.73 Å². The normalized spacial score (nSPS) is 19.5. The highest BCUT2D eigenvalue weighted by Gasteiger charge is 2.36. The van der Waals surface area contributed by atoms with Crippen LogP contribution in [0.5, 0.6) is 0 Å². The lowest BCUT2D eigenvalue weighted by atomic mass is 10.1. The molecule has 4 N–H and O–H groups in total. The predicted octanol–water partition coefficient (Wildman–Crippen LogP) is -0.213. The first-order chi connectivity index (χ1) is 9.42. The Morgan fingerprint density at radius 3 is 2.55 bits per heavy atom. The van der Waals surface area contributed by atoms with E-state index in [1.165, 1.54) is 4.90 Å². The Balaban J connectivity index is 2.74. The van der Waals surface area contributed by atoms with E-state index in [9.17, 15) is 14.4 Å². The molecule has 1 rings (SSSR count). The molecule has 1 saturated heterocycles. The van der Waals surface area contributed by atoms with Crippen LogP contribution in [0.15, 0.2) is 0 Å². The van der Waals surface area contributed by atoms with Crippen molar-refractivity contribution in [1.82, 2.24) is 10.2 Å². The molecule has 2 atom stereocenters. The molecular weight excluding hydrogens is 260 g/mol. The van der Waals surface area contributed by atoms with Crippen LogP contribution in [0.25, 0.3) is 0 Å². The second kappa shape index (κ2) is 7.02. The van der Waals surface area contributed by atoms with Gasteiger partial charge in [0.05, 0.1) is 5.71 Å². The highest BCUT2D eigenvalue weighted by Crippen LogP contribution is 2.18. The maximum Gasteiger partial charge on any atom is 0.265 e. The minimum atomic E-state index is -0.714. The van der Waals surface area contributed by atoms with Gasteiger partial charge in [0.15, 0.2) is 0 Å². The highest BCUT2D eigenvalue weighted by molar-refractivity contribution is 6.37. The van der Waals surface area contributed by atoms with Crippen molar-refractivity contribution >= 4 is 23.4 Å². The fraction of sp³-hybridized carbons (Fsp3) is 0.692. The summed E-state index contributed by atoms with van der Waals surface area (Å²) >= 11 is 0. The maximum absolute atomic E-state index is 12.4. The zero-order chi connectivity index (χ0) is 15.3. The Morgan fingerprint density at radius 2 is 2.05 bits per heavy atom. The Labute approximate surface area is 118 Å². The van der Waals surface area contributed by atoms with Crippen molar-refractivity contribution in [2.75, 3.05) is 6.54 Å². The summed E-state index contributed by atoms with van der Waals surface area (Å²) in [5.74, 6) is -1.35. The summed E-state index contributed by atoms with van der Waals surface area (Å²) in [6.07, 6.45) is 2.01. The summed E-state index contributed by atoms with van der Waals surface area (Å²) in [5, 5.41) is 10.0. The molecule has 0 aromatic rings. The van der Waals surface area contributed by atoms with Crippen LogP contribution in [-0.4, -0.2) is 47.0 Å². The summed E-state index contributed by atoms with van der Waals surface area (Å²) in [6.45, 7) is 3.95. The number of likely N-dealkylation sites (tertiary alicyclic amines) is 1. The number of nitrogens with two attached hydrogens (primary N) is 1. The molecule has 0 aromatic carbocycles. The molecule has 0 radical (unpaired) electrons. The average molecular weight is 282 g/mol. The molecule has 0 aliphatic carbocycles. The first kappa shape index (κ1) is 16.1. The first-order valence-electron chi connectivity index (χ1n) is 6.90. The van der Waals surface area contributed by atoms with E-state index < -0.39 is 23.9 Å². The monoisotopic (exact) mass is 282 g/mol. The van der Waals surface area contributed by atoms with Gasteiger partial charge in [-0.05, 0) is 25.7 Å². The number of amides is 3. The van der Waals surface area contributed by atoms with Crippen molar-refractivity contribution in [3.8, 4) is 0 Å². The van der Waals surface area contributed by atoms with E-state index in [4.69, 9.17) is 11.1 Å². The first-order valence-corrected chi connectivity index (χ1v) is 6.90. The number of rotatable bonds is 6.